The molecule has 6 nitrogen and oxygen atoms in total. The van der Waals surface area contributed by atoms with Crippen LogP contribution in [0.15, 0.2) is 47.5 Å². The van der Waals surface area contributed by atoms with Gasteiger partial charge in [0.15, 0.2) is 5.96 Å². The van der Waals surface area contributed by atoms with Crippen LogP contribution in [0.1, 0.15) is 11.1 Å². The van der Waals surface area contributed by atoms with Gasteiger partial charge in [-0.2, -0.15) is 0 Å². The standard InChI is InChI=1S/C21H26ClN5O/c1-15-3-6-18(13-16(15)2)25-21(23)24-14-20(28)27-11-9-26(10-12-27)19-7-4-17(22)5-8-19/h3-8,13H,9-12,14H2,1-2H3,(H3,23,24,25). The van der Waals surface area contributed by atoms with E-state index >= 15 is 0 Å². The highest BCUT2D eigenvalue weighted by atomic mass is 35.5. The minimum Gasteiger partial charge on any atom is -0.370 e. The molecule has 0 unspecified atom stereocenters. The first kappa shape index (κ1) is 20.0. The van der Waals surface area contributed by atoms with Gasteiger partial charge in [0.05, 0.1) is 0 Å². The van der Waals surface area contributed by atoms with Crippen molar-refractivity contribution in [3.63, 3.8) is 0 Å². The molecule has 3 N–H and O–H groups in total. The number of nitrogens with two attached hydrogens (primary N) is 1. The van der Waals surface area contributed by atoms with Crippen molar-refractivity contribution in [3.05, 3.63) is 58.6 Å². The number of benzene rings is 2. The first-order valence-electron chi connectivity index (χ1n) is 9.35. The zero-order valence-electron chi connectivity index (χ0n) is 16.3. The van der Waals surface area contributed by atoms with Crippen molar-refractivity contribution in [2.75, 3.05) is 42.9 Å². The first-order valence-corrected chi connectivity index (χ1v) is 9.72. The fourth-order valence-electron chi connectivity index (χ4n) is 3.13. The highest BCUT2D eigenvalue weighted by Gasteiger charge is 2.21. The molecular weight excluding hydrogens is 374 g/mol. The van der Waals surface area contributed by atoms with E-state index in [1.807, 2.05) is 54.3 Å². The van der Waals surface area contributed by atoms with Gasteiger partial charge in [-0.3, -0.25) is 4.79 Å². The summed E-state index contributed by atoms with van der Waals surface area (Å²) in [5, 5.41) is 3.76. The predicted octanol–water partition coefficient (Wildman–Crippen LogP) is 3.03. The van der Waals surface area contributed by atoms with Gasteiger partial charge in [0.1, 0.15) is 6.54 Å². The largest absolute Gasteiger partial charge is 0.370 e. The van der Waals surface area contributed by atoms with E-state index in [-0.39, 0.29) is 18.4 Å². The van der Waals surface area contributed by atoms with Crippen LogP contribution in [-0.2, 0) is 4.79 Å². The lowest BCUT2D eigenvalue weighted by Gasteiger charge is -2.36. The summed E-state index contributed by atoms with van der Waals surface area (Å²) >= 11 is 5.94. The Labute approximate surface area is 171 Å². The molecule has 7 heteroatoms. The summed E-state index contributed by atoms with van der Waals surface area (Å²) in [4.78, 5) is 20.7. The number of halogens is 1. The lowest BCUT2D eigenvalue weighted by atomic mass is 10.1. The van der Waals surface area contributed by atoms with Crippen molar-refractivity contribution in [1.29, 1.82) is 0 Å². The molecule has 0 aromatic heterocycles. The molecular formula is C21H26ClN5O. The molecule has 148 valence electrons. The second kappa shape index (κ2) is 8.97. The Morgan fingerprint density at radius 2 is 1.75 bits per heavy atom. The van der Waals surface area contributed by atoms with E-state index in [4.69, 9.17) is 17.3 Å². The smallest absolute Gasteiger partial charge is 0.244 e. The minimum atomic E-state index is -0.0133. The van der Waals surface area contributed by atoms with Gasteiger partial charge >= 0.3 is 0 Å². The number of hydrogen-bond donors (Lipinski definition) is 2. The Bertz CT molecular complexity index is 858. The number of anilines is 2. The number of carbonyl (C=O) groups is 1. The fraction of sp³-hybridized carbons (Fsp3) is 0.333. The number of nitrogens with one attached hydrogen (secondary N) is 1. The van der Waals surface area contributed by atoms with Gasteiger partial charge in [-0.15, -0.1) is 0 Å². The molecule has 1 aliphatic heterocycles. The van der Waals surface area contributed by atoms with E-state index < -0.39 is 0 Å². The molecule has 0 spiro atoms. The van der Waals surface area contributed by atoms with Crippen LogP contribution < -0.4 is 16.0 Å². The van der Waals surface area contributed by atoms with E-state index in [0.717, 1.165) is 29.5 Å². The Kier molecular flexibility index (Phi) is 6.41. The van der Waals surface area contributed by atoms with Crippen molar-refractivity contribution in [3.8, 4) is 0 Å². The number of rotatable bonds is 4. The third kappa shape index (κ3) is 5.16. The molecule has 0 aliphatic carbocycles. The summed E-state index contributed by atoms with van der Waals surface area (Å²) in [5.41, 5.74) is 10.3. The van der Waals surface area contributed by atoms with Gasteiger partial charge in [-0.25, -0.2) is 4.99 Å². The van der Waals surface area contributed by atoms with E-state index in [1.165, 1.54) is 11.1 Å². The molecule has 2 aromatic rings. The minimum absolute atomic E-state index is 0.0133. The molecule has 1 saturated heterocycles. The second-order valence-electron chi connectivity index (χ2n) is 6.97. The summed E-state index contributed by atoms with van der Waals surface area (Å²) < 4.78 is 0. The Balaban J connectivity index is 1.49. The third-order valence-corrected chi connectivity index (χ3v) is 5.24. The van der Waals surface area contributed by atoms with Crippen LogP contribution >= 0.6 is 11.6 Å². The summed E-state index contributed by atoms with van der Waals surface area (Å²) in [7, 11) is 0. The Morgan fingerprint density at radius 1 is 1.07 bits per heavy atom. The molecule has 1 amide bonds. The zero-order valence-corrected chi connectivity index (χ0v) is 17.0. The van der Waals surface area contributed by atoms with Crippen molar-refractivity contribution >= 4 is 34.8 Å². The van der Waals surface area contributed by atoms with Gasteiger partial charge in [0.25, 0.3) is 0 Å². The van der Waals surface area contributed by atoms with Crippen LogP contribution in [0.3, 0.4) is 0 Å². The number of hydrogen-bond acceptors (Lipinski definition) is 3. The molecule has 0 bridgehead atoms. The van der Waals surface area contributed by atoms with Crippen LogP contribution in [0.2, 0.25) is 5.02 Å². The topological polar surface area (TPSA) is 74.0 Å². The number of guanidine groups is 1. The molecule has 2 aromatic carbocycles. The summed E-state index contributed by atoms with van der Waals surface area (Å²) in [6.45, 7) is 7.05. The highest BCUT2D eigenvalue weighted by molar-refractivity contribution is 6.30. The normalized spacial score (nSPS) is 14.9. The van der Waals surface area contributed by atoms with E-state index in [9.17, 15) is 4.79 Å². The van der Waals surface area contributed by atoms with Gasteiger partial charge in [-0.1, -0.05) is 17.7 Å². The maximum atomic E-state index is 12.4. The number of piperazine rings is 1. The van der Waals surface area contributed by atoms with Crippen LogP contribution in [0.25, 0.3) is 0 Å². The van der Waals surface area contributed by atoms with Crippen molar-refractivity contribution in [2.24, 2.45) is 10.7 Å². The number of nitrogens with zero attached hydrogens (tertiary/aromatic N) is 3. The molecule has 1 fully saturated rings. The zero-order chi connectivity index (χ0) is 20.1. The molecule has 3 rings (SSSR count). The van der Waals surface area contributed by atoms with Gasteiger partial charge in [-0.05, 0) is 61.4 Å². The van der Waals surface area contributed by atoms with E-state index in [1.54, 1.807) is 0 Å². The lowest BCUT2D eigenvalue weighted by Crippen LogP contribution is -2.49. The van der Waals surface area contributed by atoms with Gasteiger partial charge in [0, 0.05) is 42.6 Å². The number of amides is 1. The van der Waals surface area contributed by atoms with Crippen molar-refractivity contribution in [1.82, 2.24) is 4.90 Å². The summed E-state index contributed by atoms with van der Waals surface area (Å²) in [6, 6.07) is 13.8. The maximum absolute atomic E-state index is 12.4. The average Bonchev–Trinajstić information content (AvgIpc) is 2.70. The maximum Gasteiger partial charge on any atom is 0.244 e. The quantitative estimate of drug-likeness (QED) is 0.612. The molecule has 0 saturated carbocycles. The first-order chi connectivity index (χ1) is 13.4. The number of aryl methyl sites for hydroxylation is 2. The number of aliphatic imine (C=N–C) groups is 1. The van der Waals surface area contributed by atoms with Crippen LogP contribution in [0.4, 0.5) is 11.4 Å². The number of carbonyl (C=O) groups excluding carboxylic acids is 1. The summed E-state index contributed by atoms with van der Waals surface area (Å²) in [6.07, 6.45) is 0. The average molecular weight is 400 g/mol. The second-order valence-corrected chi connectivity index (χ2v) is 7.41. The molecule has 1 aliphatic rings. The fourth-order valence-corrected chi connectivity index (χ4v) is 3.25. The molecule has 0 radical (unpaired) electrons. The van der Waals surface area contributed by atoms with Crippen LogP contribution in [-0.4, -0.2) is 49.5 Å². The highest BCUT2D eigenvalue weighted by Crippen LogP contribution is 2.19. The third-order valence-electron chi connectivity index (χ3n) is 4.99. The van der Waals surface area contributed by atoms with Crippen molar-refractivity contribution in [2.45, 2.75) is 13.8 Å². The van der Waals surface area contributed by atoms with E-state index in [2.05, 4.69) is 22.1 Å². The monoisotopic (exact) mass is 399 g/mol. The van der Waals surface area contributed by atoms with Gasteiger partial charge in [0.2, 0.25) is 5.91 Å². The van der Waals surface area contributed by atoms with Gasteiger partial charge < -0.3 is 20.9 Å². The molecule has 1 heterocycles. The SMILES string of the molecule is Cc1ccc(NC(N)=NCC(=O)N2CCN(c3ccc(Cl)cc3)CC2)cc1C. The molecule has 0 atom stereocenters. The Hall–Kier alpha value is -2.73. The predicted molar refractivity (Wildman–Crippen MR) is 116 cm³/mol. The van der Waals surface area contributed by atoms with Crippen LogP contribution in [0, 0.1) is 13.8 Å². The van der Waals surface area contributed by atoms with Crippen LogP contribution in [0.5, 0.6) is 0 Å². The van der Waals surface area contributed by atoms with Crippen molar-refractivity contribution < 1.29 is 4.79 Å². The lowest BCUT2D eigenvalue weighted by molar-refractivity contribution is -0.129. The Morgan fingerprint density at radius 3 is 2.39 bits per heavy atom. The molecule has 28 heavy (non-hydrogen) atoms. The van der Waals surface area contributed by atoms with E-state index in [0.29, 0.717) is 13.1 Å². The summed E-state index contributed by atoms with van der Waals surface area (Å²) in [5.74, 6) is 0.233.